The van der Waals surface area contributed by atoms with Crippen LogP contribution in [-0.4, -0.2) is 0 Å². The van der Waals surface area contributed by atoms with Gasteiger partial charge in [0.2, 0.25) is 0 Å². The molecule has 6 rings (SSSR count). The lowest BCUT2D eigenvalue weighted by Crippen LogP contribution is -2.10. The fraction of sp³-hybridized carbons (Fsp3) is 0.133. The molecule has 0 saturated heterocycles. The molecule has 1 aromatic heterocycles. The highest BCUT2D eigenvalue weighted by Crippen LogP contribution is 2.41. The maximum Gasteiger partial charge on any atom is 0.0573 e. The van der Waals surface area contributed by atoms with Crippen LogP contribution in [0.15, 0.2) is 90.3 Å². The van der Waals surface area contributed by atoms with Gasteiger partial charge < -0.3 is 5.32 Å². The van der Waals surface area contributed by atoms with Crippen molar-refractivity contribution in [2.45, 2.75) is 26.2 Å². The van der Waals surface area contributed by atoms with Crippen molar-refractivity contribution in [3.63, 3.8) is 0 Å². The van der Waals surface area contributed by atoms with E-state index in [1.165, 1.54) is 53.7 Å². The van der Waals surface area contributed by atoms with Crippen molar-refractivity contribution in [2.24, 2.45) is 0 Å². The first-order valence-corrected chi connectivity index (χ1v) is 12.0. The van der Waals surface area contributed by atoms with Gasteiger partial charge in [0.25, 0.3) is 0 Å². The smallest absolute Gasteiger partial charge is 0.0573 e. The molecule has 0 bridgehead atoms. The Kier molecular flexibility index (Phi) is 4.28. The molecule has 1 heterocycles. The van der Waals surface area contributed by atoms with Gasteiger partial charge in [-0.15, -0.1) is 11.3 Å². The highest BCUT2D eigenvalue weighted by atomic mass is 32.1. The van der Waals surface area contributed by atoms with E-state index in [0.29, 0.717) is 0 Å². The van der Waals surface area contributed by atoms with Crippen LogP contribution in [0.2, 0.25) is 0 Å². The summed E-state index contributed by atoms with van der Waals surface area (Å²) in [5, 5.41) is 15.1. The molecule has 0 radical (unpaired) electrons. The van der Waals surface area contributed by atoms with E-state index in [1.807, 2.05) is 0 Å². The summed E-state index contributed by atoms with van der Waals surface area (Å²) in [6.45, 7) is 6.82. The Morgan fingerprint density at radius 3 is 1.84 bits per heavy atom. The van der Waals surface area contributed by atoms with E-state index in [-0.39, 0.29) is 5.41 Å². The van der Waals surface area contributed by atoms with Crippen LogP contribution in [0.3, 0.4) is 0 Å². The molecule has 0 aliphatic heterocycles. The van der Waals surface area contributed by atoms with Gasteiger partial charge in [0, 0.05) is 26.5 Å². The first-order valence-electron chi connectivity index (χ1n) is 11.1. The summed E-state index contributed by atoms with van der Waals surface area (Å²) in [5.74, 6) is 0. The van der Waals surface area contributed by atoms with Gasteiger partial charge >= 0.3 is 0 Å². The average molecular weight is 432 g/mol. The maximum absolute atomic E-state index is 3.82. The van der Waals surface area contributed by atoms with Gasteiger partial charge in [-0.1, -0.05) is 87.5 Å². The quantitative estimate of drug-likeness (QED) is 0.269. The highest BCUT2D eigenvalue weighted by Gasteiger charge is 2.16. The van der Waals surface area contributed by atoms with Crippen molar-refractivity contribution >= 4 is 65.1 Å². The average Bonchev–Trinajstić information content (AvgIpc) is 3.21. The van der Waals surface area contributed by atoms with E-state index in [0.717, 1.165) is 5.69 Å². The summed E-state index contributed by atoms with van der Waals surface area (Å²) in [5.41, 5.74) is 3.83. The van der Waals surface area contributed by atoms with Gasteiger partial charge in [-0.25, -0.2) is 0 Å². The normalized spacial score (nSPS) is 12.2. The molecule has 6 aromatic rings. The fourth-order valence-electron chi connectivity index (χ4n) is 4.80. The number of hydrogen-bond acceptors (Lipinski definition) is 2. The number of fused-ring (bicyclic) bond motifs is 7. The number of hydrogen-bond donors (Lipinski definition) is 1. The topological polar surface area (TPSA) is 12.0 Å². The van der Waals surface area contributed by atoms with Crippen LogP contribution in [0.5, 0.6) is 0 Å². The first-order chi connectivity index (χ1) is 15.5. The molecule has 32 heavy (non-hydrogen) atoms. The Balaban J connectivity index is 1.62. The number of benzene rings is 5. The largest absolute Gasteiger partial charge is 0.354 e. The maximum atomic E-state index is 3.82. The Morgan fingerprint density at radius 2 is 1.19 bits per heavy atom. The van der Waals surface area contributed by atoms with Crippen LogP contribution in [0, 0.1) is 0 Å². The third kappa shape index (κ3) is 2.98. The van der Waals surface area contributed by atoms with Gasteiger partial charge in [0.05, 0.1) is 5.69 Å². The highest BCUT2D eigenvalue weighted by molar-refractivity contribution is 7.17. The van der Waals surface area contributed by atoms with Crippen molar-refractivity contribution in [1.82, 2.24) is 0 Å². The predicted octanol–water partition coefficient (Wildman–Crippen LogP) is 9.40. The van der Waals surface area contributed by atoms with Gasteiger partial charge in [0.15, 0.2) is 0 Å². The van der Waals surface area contributed by atoms with Crippen molar-refractivity contribution in [3.8, 4) is 0 Å². The number of anilines is 2. The van der Waals surface area contributed by atoms with Gasteiger partial charge in [-0.2, -0.15) is 0 Å². The molecule has 0 aliphatic rings. The van der Waals surface area contributed by atoms with E-state index in [9.17, 15) is 0 Å². The van der Waals surface area contributed by atoms with Crippen LogP contribution >= 0.6 is 11.3 Å². The van der Waals surface area contributed by atoms with Gasteiger partial charge in [-0.05, 0) is 56.1 Å². The molecule has 0 unspecified atom stereocenters. The summed E-state index contributed by atoms with van der Waals surface area (Å²) < 4.78 is 1.32. The van der Waals surface area contributed by atoms with Crippen LogP contribution in [-0.2, 0) is 5.41 Å². The number of nitrogens with one attached hydrogen (secondary N) is 1. The van der Waals surface area contributed by atoms with Crippen LogP contribution < -0.4 is 5.32 Å². The Labute approximate surface area is 192 Å². The molecule has 1 N–H and O–H groups in total. The zero-order valence-corrected chi connectivity index (χ0v) is 19.4. The Hall–Kier alpha value is -3.36. The molecule has 156 valence electrons. The van der Waals surface area contributed by atoms with E-state index >= 15 is 0 Å². The summed E-state index contributed by atoms with van der Waals surface area (Å²) in [6, 6.07) is 31.0. The lowest BCUT2D eigenvalue weighted by atomic mass is 9.86. The van der Waals surface area contributed by atoms with E-state index in [2.05, 4.69) is 116 Å². The lowest BCUT2D eigenvalue weighted by Gasteiger charge is -2.19. The van der Waals surface area contributed by atoms with Crippen LogP contribution in [0.25, 0.3) is 42.4 Å². The zero-order chi connectivity index (χ0) is 21.9. The lowest BCUT2D eigenvalue weighted by molar-refractivity contribution is 0.591. The molecule has 5 aromatic carbocycles. The van der Waals surface area contributed by atoms with Crippen molar-refractivity contribution < 1.29 is 0 Å². The first kappa shape index (κ1) is 19.3. The summed E-state index contributed by atoms with van der Waals surface area (Å²) >= 11 is 1.80. The van der Waals surface area contributed by atoms with E-state index in [4.69, 9.17) is 0 Å². The fourth-order valence-corrected chi connectivity index (χ4v) is 5.67. The second-order valence-electron chi connectivity index (χ2n) is 9.55. The molecular formula is C30H25NS. The minimum atomic E-state index is 0.127. The molecule has 0 fully saturated rings. The molecule has 1 nitrogen and oxygen atoms in total. The van der Waals surface area contributed by atoms with E-state index < -0.39 is 0 Å². The Bertz CT molecular complexity index is 1590. The molecule has 0 atom stereocenters. The zero-order valence-electron chi connectivity index (χ0n) is 18.6. The Morgan fingerprint density at radius 1 is 0.594 bits per heavy atom. The van der Waals surface area contributed by atoms with Crippen molar-refractivity contribution in [2.75, 3.05) is 5.32 Å². The molecular weight excluding hydrogens is 406 g/mol. The SMILES string of the molecule is CC(C)(C)c1ccc2scc(Nc3cccc4c5ccccc5c5ccccc5c34)c2c1. The molecule has 0 spiro atoms. The molecule has 0 aliphatic carbocycles. The molecule has 2 heteroatoms. The second-order valence-corrected chi connectivity index (χ2v) is 10.5. The summed E-state index contributed by atoms with van der Waals surface area (Å²) in [4.78, 5) is 0. The number of rotatable bonds is 2. The minimum absolute atomic E-state index is 0.127. The van der Waals surface area contributed by atoms with Crippen LogP contribution in [0.1, 0.15) is 26.3 Å². The van der Waals surface area contributed by atoms with Crippen LogP contribution in [0.4, 0.5) is 11.4 Å². The third-order valence-corrected chi connectivity index (χ3v) is 7.44. The standard InChI is InChI=1S/C30H25NS/c1-30(2,3)19-15-16-28-25(17-19)27(18-32-28)31-26-14-8-13-24-22-10-5-4-9-20(22)21-11-6-7-12-23(21)29(24)26/h4-18,31H,1-3H3. The summed E-state index contributed by atoms with van der Waals surface area (Å²) in [7, 11) is 0. The third-order valence-electron chi connectivity index (χ3n) is 6.48. The molecule has 0 amide bonds. The predicted molar refractivity (Wildman–Crippen MR) is 143 cm³/mol. The molecule has 0 saturated carbocycles. The van der Waals surface area contributed by atoms with Crippen molar-refractivity contribution in [3.05, 3.63) is 95.9 Å². The summed E-state index contributed by atoms with van der Waals surface area (Å²) in [6.07, 6.45) is 0. The van der Waals surface area contributed by atoms with E-state index in [1.54, 1.807) is 11.3 Å². The van der Waals surface area contributed by atoms with Crippen molar-refractivity contribution in [1.29, 1.82) is 0 Å². The minimum Gasteiger partial charge on any atom is -0.354 e. The number of thiophene rings is 1. The second kappa shape index (κ2) is 7.08. The van der Waals surface area contributed by atoms with Gasteiger partial charge in [-0.3, -0.25) is 0 Å². The van der Waals surface area contributed by atoms with Gasteiger partial charge in [0.1, 0.15) is 0 Å². The monoisotopic (exact) mass is 431 g/mol.